The largest absolute Gasteiger partial charge is 0.270 e. The minimum atomic E-state index is -0.0753. The topological polar surface area (TPSA) is 29.4 Å². The zero-order valence-corrected chi connectivity index (χ0v) is 8.58. The molecule has 8 heavy (non-hydrogen) atoms. The lowest BCUT2D eigenvalue weighted by molar-refractivity contribution is -0.115. The van der Waals surface area contributed by atoms with Crippen LogP contribution >= 0.6 is 45.2 Å². The molecule has 0 radical (unpaired) electrons. The van der Waals surface area contributed by atoms with Gasteiger partial charge >= 0.3 is 0 Å². The van der Waals surface area contributed by atoms with Gasteiger partial charge in [0.2, 0.25) is 0 Å². The Hall–Kier alpha value is 0.800. The molecule has 0 aliphatic heterocycles. The molecule has 0 aromatic carbocycles. The summed E-state index contributed by atoms with van der Waals surface area (Å²) in [4.78, 5) is 14.1. The summed E-state index contributed by atoms with van der Waals surface area (Å²) in [5.41, 5.74) is 0. The van der Waals surface area contributed by atoms with Crippen molar-refractivity contribution in [2.24, 2.45) is 4.99 Å². The van der Waals surface area contributed by atoms with Crippen LogP contribution in [0.1, 0.15) is 6.92 Å². The van der Waals surface area contributed by atoms with Crippen LogP contribution in [0, 0.1) is 0 Å². The van der Waals surface area contributed by atoms with E-state index in [0.29, 0.717) is 0 Å². The molecule has 0 heterocycles. The Labute approximate surface area is 75.4 Å². The first-order valence-electron chi connectivity index (χ1n) is 1.99. The average molecular weight is 337 g/mol. The molecule has 0 aromatic heterocycles. The number of carbonyl (C=O) groups excluding carboxylic acids is 1. The van der Waals surface area contributed by atoms with E-state index in [-0.39, 0.29) is 7.84 Å². The fraction of sp³-hybridized carbons (Fsp3) is 0.500. The summed E-state index contributed by atoms with van der Waals surface area (Å²) < 4.78 is -0.0265. The second-order valence-electron chi connectivity index (χ2n) is 1.03. The zero-order valence-electron chi connectivity index (χ0n) is 4.27. The van der Waals surface area contributed by atoms with Crippen molar-refractivity contribution in [1.82, 2.24) is 0 Å². The Balaban J connectivity index is 3.66. The minimum absolute atomic E-state index is 0.0265. The van der Waals surface area contributed by atoms with Gasteiger partial charge in [-0.2, -0.15) is 0 Å². The summed E-state index contributed by atoms with van der Waals surface area (Å²) in [5, 5.41) is 0. The number of alkyl halides is 2. The van der Waals surface area contributed by atoms with E-state index in [1.807, 2.05) is 45.2 Å². The molecule has 0 unspecified atom stereocenters. The lowest BCUT2D eigenvalue weighted by Gasteiger charge is -1.89. The number of amides is 1. The van der Waals surface area contributed by atoms with Crippen LogP contribution in [0.5, 0.6) is 0 Å². The van der Waals surface area contributed by atoms with Crippen LogP contribution in [0.4, 0.5) is 0 Å². The van der Waals surface area contributed by atoms with Crippen molar-refractivity contribution in [3.63, 3.8) is 0 Å². The fourth-order valence-electron chi connectivity index (χ4n) is 0.184. The van der Waals surface area contributed by atoms with E-state index in [0.717, 1.165) is 0 Å². The van der Waals surface area contributed by atoms with Crippen molar-refractivity contribution >= 4 is 57.3 Å². The van der Waals surface area contributed by atoms with Crippen molar-refractivity contribution in [2.45, 2.75) is 8.86 Å². The van der Waals surface area contributed by atoms with Crippen LogP contribution in [0.2, 0.25) is 0 Å². The molecule has 4 heteroatoms. The van der Waals surface area contributed by atoms with Gasteiger partial charge < -0.3 is 0 Å². The summed E-state index contributed by atoms with van der Waals surface area (Å²) in [6.45, 7) is 1.73. The van der Waals surface area contributed by atoms with Crippen molar-refractivity contribution in [1.29, 1.82) is 0 Å². The van der Waals surface area contributed by atoms with Crippen LogP contribution in [0.3, 0.4) is 0 Å². The lowest BCUT2D eigenvalue weighted by Crippen LogP contribution is -2.01. The minimum Gasteiger partial charge on any atom is -0.270 e. The number of rotatable bonds is 1. The van der Waals surface area contributed by atoms with Gasteiger partial charge in [0.1, 0.15) is 1.93 Å². The Morgan fingerprint density at radius 3 is 2.38 bits per heavy atom. The molecule has 0 saturated heterocycles. The molecule has 46 valence electrons. The molecule has 0 aromatic rings. The van der Waals surface area contributed by atoms with Gasteiger partial charge in [0.05, 0.1) is 0 Å². The van der Waals surface area contributed by atoms with E-state index >= 15 is 0 Å². The molecular formula is C4H5I2NO. The summed E-state index contributed by atoms with van der Waals surface area (Å²) in [7, 11) is 0. The van der Waals surface area contributed by atoms with Gasteiger partial charge in [0.15, 0.2) is 0 Å². The standard InChI is InChI=1S/C4H5I2NO/c1-2-7-4(8)3(5)6/h2-3H,1H3. The summed E-state index contributed by atoms with van der Waals surface area (Å²) in [6, 6.07) is 0. The van der Waals surface area contributed by atoms with E-state index in [9.17, 15) is 4.79 Å². The van der Waals surface area contributed by atoms with Crippen LogP contribution in [0.25, 0.3) is 0 Å². The Morgan fingerprint density at radius 2 is 2.25 bits per heavy atom. The molecule has 0 atom stereocenters. The number of aliphatic imine (C=N–C) groups is 1. The van der Waals surface area contributed by atoms with E-state index in [1.165, 1.54) is 6.21 Å². The van der Waals surface area contributed by atoms with Gasteiger partial charge in [0, 0.05) is 6.21 Å². The molecule has 0 rings (SSSR count). The predicted octanol–water partition coefficient (Wildman–Crippen LogP) is 1.80. The van der Waals surface area contributed by atoms with E-state index in [1.54, 1.807) is 6.92 Å². The first-order valence-corrected chi connectivity index (χ1v) is 4.48. The molecule has 0 aliphatic carbocycles. The van der Waals surface area contributed by atoms with Gasteiger partial charge in [-0.15, -0.1) is 0 Å². The third-order valence-corrected chi connectivity index (χ3v) is 1.51. The molecule has 2 nitrogen and oxygen atoms in total. The first kappa shape index (κ1) is 8.80. The molecule has 1 amide bonds. The fourth-order valence-corrected chi connectivity index (χ4v) is 0.505. The molecule has 0 saturated carbocycles. The number of hydrogen-bond donors (Lipinski definition) is 0. The number of nitrogens with zero attached hydrogens (tertiary/aromatic N) is 1. The first-order chi connectivity index (χ1) is 3.68. The van der Waals surface area contributed by atoms with Crippen molar-refractivity contribution < 1.29 is 4.79 Å². The molecule has 0 aliphatic rings. The number of carbonyl (C=O) groups is 1. The maximum Gasteiger partial charge on any atom is 0.268 e. The SMILES string of the molecule is CC=NC(=O)C(I)I. The van der Waals surface area contributed by atoms with E-state index in [4.69, 9.17) is 0 Å². The van der Waals surface area contributed by atoms with Gasteiger partial charge in [-0.05, 0) is 6.92 Å². The normalized spacial score (nSPS) is 11.0. The van der Waals surface area contributed by atoms with Gasteiger partial charge in [-0.25, -0.2) is 4.99 Å². The van der Waals surface area contributed by atoms with E-state index in [2.05, 4.69) is 4.99 Å². The third-order valence-electron chi connectivity index (χ3n) is 0.443. The second kappa shape index (κ2) is 4.66. The van der Waals surface area contributed by atoms with Crippen LogP contribution < -0.4 is 0 Å². The zero-order chi connectivity index (χ0) is 6.57. The molecular weight excluding hydrogens is 332 g/mol. The quantitative estimate of drug-likeness (QED) is 0.408. The Bertz CT molecular complexity index is 111. The predicted molar refractivity (Wildman–Crippen MR) is 51.0 cm³/mol. The van der Waals surface area contributed by atoms with Crippen LogP contribution in [-0.4, -0.2) is 14.1 Å². The van der Waals surface area contributed by atoms with Crippen molar-refractivity contribution in [2.75, 3.05) is 0 Å². The Kier molecular flexibility index (Phi) is 5.12. The average Bonchev–Trinajstić information content (AvgIpc) is 1.67. The smallest absolute Gasteiger partial charge is 0.268 e. The molecule has 0 fully saturated rings. The van der Waals surface area contributed by atoms with E-state index < -0.39 is 0 Å². The Morgan fingerprint density at radius 1 is 1.75 bits per heavy atom. The molecule has 0 bridgehead atoms. The maximum absolute atomic E-state index is 10.5. The maximum atomic E-state index is 10.5. The summed E-state index contributed by atoms with van der Waals surface area (Å²) in [6.07, 6.45) is 1.51. The summed E-state index contributed by atoms with van der Waals surface area (Å²) >= 11 is 4.03. The van der Waals surface area contributed by atoms with Crippen LogP contribution in [-0.2, 0) is 4.79 Å². The van der Waals surface area contributed by atoms with Crippen molar-refractivity contribution in [3.05, 3.63) is 0 Å². The summed E-state index contributed by atoms with van der Waals surface area (Å²) in [5.74, 6) is -0.0753. The third kappa shape index (κ3) is 3.76. The highest BCUT2D eigenvalue weighted by Gasteiger charge is 2.05. The van der Waals surface area contributed by atoms with Gasteiger partial charge in [-0.3, -0.25) is 4.79 Å². The monoisotopic (exact) mass is 337 g/mol. The number of hydrogen-bond acceptors (Lipinski definition) is 1. The molecule has 0 spiro atoms. The lowest BCUT2D eigenvalue weighted by atomic mass is 10.7. The highest BCUT2D eigenvalue weighted by atomic mass is 127. The number of halogens is 2. The molecule has 0 N–H and O–H groups in total. The highest BCUT2D eigenvalue weighted by molar-refractivity contribution is 14.2. The van der Waals surface area contributed by atoms with Gasteiger partial charge in [0.25, 0.3) is 5.91 Å². The van der Waals surface area contributed by atoms with Crippen LogP contribution in [0.15, 0.2) is 4.99 Å². The van der Waals surface area contributed by atoms with Crippen molar-refractivity contribution in [3.8, 4) is 0 Å². The van der Waals surface area contributed by atoms with Gasteiger partial charge in [-0.1, -0.05) is 45.2 Å². The highest BCUT2D eigenvalue weighted by Crippen LogP contribution is 2.10. The second-order valence-corrected chi connectivity index (χ2v) is 5.90.